The monoisotopic (exact) mass is 342 g/mol. The molecular formula is C16H18N6OS. The van der Waals surface area contributed by atoms with Crippen molar-refractivity contribution < 1.29 is 4.79 Å². The molecule has 0 saturated carbocycles. The summed E-state index contributed by atoms with van der Waals surface area (Å²) in [6, 6.07) is 1.76. The standard InChI is InChI=1S/C16H18N6OS/c1-11-9-24-14-13(11)17-10-18-15(14)21-5-7-22(8-6-21)16(23)12-3-4-19-20(12)2/h3-4,9-10H,5-8H2,1-2H3. The number of amides is 1. The molecule has 0 N–H and O–H groups in total. The van der Waals surface area contributed by atoms with E-state index in [1.807, 2.05) is 4.90 Å². The van der Waals surface area contributed by atoms with Gasteiger partial charge in [-0.05, 0) is 23.9 Å². The lowest BCUT2D eigenvalue weighted by Crippen LogP contribution is -2.49. The fourth-order valence-corrected chi connectivity index (χ4v) is 4.07. The third-order valence-corrected chi connectivity index (χ3v) is 5.50. The van der Waals surface area contributed by atoms with Crippen molar-refractivity contribution >= 4 is 33.3 Å². The van der Waals surface area contributed by atoms with E-state index < -0.39 is 0 Å². The summed E-state index contributed by atoms with van der Waals surface area (Å²) < 4.78 is 2.75. The summed E-state index contributed by atoms with van der Waals surface area (Å²) >= 11 is 1.68. The molecule has 1 amide bonds. The van der Waals surface area contributed by atoms with Gasteiger partial charge in [-0.25, -0.2) is 9.97 Å². The smallest absolute Gasteiger partial charge is 0.272 e. The Morgan fingerprint density at radius 2 is 2.00 bits per heavy atom. The van der Waals surface area contributed by atoms with Gasteiger partial charge >= 0.3 is 0 Å². The van der Waals surface area contributed by atoms with Gasteiger partial charge in [0.25, 0.3) is 5.91 Å². The van der Waals surface area contributed by atoms with Gasteiger partial charge in [0, 0.05) is 39.4 Å². The van der Waals surface area contributed by atoms with Gasteiger partial charge in [0.15, 0.2) is 0 Å². The van der Waals surface area contributed by atoms with Crippen LogP contribution in [0.15, 0.2) is 24.0 Å². The largest absolute Gasteiger partial charge is 0.352 e. The number of piperazine rings is 1. The van der Waals surface area contributed by atoms with Crippen LogP contribution in [0.5, 0.6) is 0 Å². The molecule has 4 rings (SSSR count). The maximum absolute atomic E-state index is 12.6. The van der Waals surface area contributed by atoms with Gasteiger partial charge < -0.3 is 9.80 Å². The zero-order valence-electron chi connectivity index (χ0n) is 13.6. The van der Waals surface area contributed by atoms with Crippen LogP contribution in [0.4, 0.5) is 5.82 Å². The van der Waals surface area contributed by atoms with Crippen molar-refractivity contribution in [3.63, 3.8) is 0 Å². The van der Waals surface area contributed by atoms with E-state index in [0.29, 0.717) is 18.8 Å². The van der Waals surface area contributed by atoms with Gasteiger partial charge in [0.2, 0.25) is 0 Å². The van der Waals surface area contributed by atoms with Crippen molar-refractivity contribution in [3.8, 4) is 0 Å². The van der Waals surface area contributed by atoms with Crippen LogP contribution in [-0.2, 0) is 7.05 Å². The fraction of sp³-hybridized carbons (Fsp3) is 0.375. The molecule has 4 heterocycles. The van der Waals surface area contributed by atoms with E-state index in [9.17, 15) is 4.79 Å². The van der Waals surface area contributed by atoms with Crippen LogP contribution in [0, 0.1) is 6.92 Å². The number of anilines is 1. The molecule has 0 atom stereocenters. The molecule has 1 saturated heterocycles. The molecule has 3 aromatic heterocycles. The molecule has 124 valence electrons. The first-order valence-electron chi connectivity index (χ1n) is 7.86. The number of carbonyl (C=O) groups is 1. The Balaban J connectivity index is 1.52. The van der Waals surface area contributed by atoms with Crippen molar-refractivity contribution in [2.75, 3.05) is 31.1 Å². The third-order valence-electron chi connectivity index (χ3n) is 4.42. The molecule has 0 spiro atoms. The van der Waals surface area contributed by atoms with E-state index in [4.69, 9.17) is 0 Å². The number of fused-ring (bicyclic) bond motifs is 1. The van der Waals surface area contributed by atoms with Crippen LogP contribution in [0.2, 0.25) is 0 Å². The summed E-state index contributed by atoms with van der Waals surface area (Å²) in [5.74, 6) is 1.01. The molecule has 3 aromatic rings. The Hall–Kier alpha value is -2.48. The quantitative estimate of drug-likeness (QED) is 0.709. The second-order valence-electron chi connectivity index (χ2n) is 5.91. The summed E-state index contributed by atoms with van der Waals surface area (Å²) in [5.41, 5.74) is 2.84. The van der Waals surface area contributed by atoms with Crippen molar-refractivity contribution in [2.24, 2.45) is 7.05 Å². The molecule has 0 aromatic carbocycles. The number of hydrogen-bond donors (Lipinski definition) is 0. The van der Waals surface area contributed by atoms with Crippen molar-refractivity contribution in [2.45, 2.75) is 6.92 Å². The van der Waals surface area contributed by atoms with Gasteiger partial charge in [-0.15, -0.1) is 11.3 Å². The van der Waals surface area contributed by atoms with Crippen LogP contribution in [0.1, 0.15) is 16.1 Å². The molecule has 8 heteroatoms. The second kappa shape index (κ2) is 5.86. The highest BCUT2D eigenvalue weighted by Gasteiger charge is 2.25. The molecule has 24 heavy (non-hydrogen) atoms. The van der Waals surface area contributed by atoms with E-state index >= 15 is 0 Å². The summed E-state index contributed by atoms with van der Waals surface area (Å²) in [6.45, 7) is 4.97. The molecule has 1 fully saturated rings. The Morgan fingerprint density at radius 3 is 2.71 bits per heavy atom. The molecule has 0 aliphatic carbocycles. The summed E-state index contributed by atoms with van der Waals surface area (Å²) in [6.07, 6.45) is 3.28. The third kappa shape index (κ3) is 2.43. The van der Waals surface area contributed by atoms with Gasteiger partial charge in [0.1, 0.15) is 17.8 Å². The Labute approximate surface area is 143 Å². The molecular weight excluding hydrogens is 324 g/mol. The van der Waals surface area contributed by atoms with Gasteiger partial charge in [-0.1, -0.05) is 0 Å². The maximum Gasteiger partial charge on any atom is 0.272 e. The van der Waals surface area contributed by atoms with Gasteiger partial charge in [0.05, 0.1) is 10.2 Å². The summed E-state index contributed by atoms with van der Waals surface area (Å²) in [5, 5.41) is 6.19. The van der Waals surface area contributed by atoms with Crippen LogP contribution in [0.25, 0.3) is 10.2 Å². The van der Waals surface area contributed by atoms with Crippen LogP contribution in [0.3, 0.4) is 0 Å². The van der Waals surface area contributed by atoms with Crippen LogP contribution < -0.4 is 4.90 Å². The zero-order chi connectivity index (χ0) is 16.7. The Bertz CT molecular complexity index is 893. The predicted molar refractivity (Wildman–Crippen MR) is 93.5 cm³/mol. The number of aromatic nitrogens is 4. The highest BCUT2D eigenvalue weighted by molar-refractivity contribution is 7.18. The highest BCUT2D eigenvalue weighted by Crippen LogP contribution is 2.31. The number of rotatable bonds is 2. The topological polar surface area (TPSA) is 67.2 Å². The normalized spacial score (nSPS) is 15.2. The second-order valence-corrected chi connectivity index (χ2v) is 6.79. The van der Waals surface area contributed by atoms with E-state index in [1.165, 1.54) is 5.56 Å². The number of nitrogens with zero attached hydrogens (tertiary/aromatic N) is 6. The lowest BCUT2D eigenvalue weighted by Gasteiger charge is -2.35. The van der Waals surface area contributed by atoms with E-state index in [0.717, 1.165) is 29.1 Å². The summed E-state index contributed by atoms with van der Waals surface area (Å²) in [4.78, 5) is 25.6. The van der Waals surface area contributed by atoms with Crippen LogP contribution >= 0.6 is 11.3 Å². The molecule has 0 unspecified atom stereocenters. The van der Waals surface area contributed by atoms with Crippen molar-refractivity contribution in [1.29, 1.82) is 0 Å². The maximum atomic E-state index is 12.6. The molecule has 0 radical (unpaired) electrons. The van der Waals surface area contributed by atoms with Crippen molar-refractivity contribution in [1.82, 2.24) is 24.6 Å². The highest BCUT2D eigenvalue weighted by atomic mass is 32.1. The Kier molecular flexibility index (Phi) is 3.68. The average Bonchev–Trinajstić information content (AvgIpc) is 3.20. The summed E-state index contributed by atoms with van der Waals surface area (Å²) in [7, 11) is 1.79. The first kappa shape index (κ1) is 15.1. The minimum absolute atomic E-state index is 0.0365. The van der Waals surface area contributed by atoms with E-state index in [2.05, 4.69) is 32.3 Å². The minimum Gasteiger partial charge on any atom is -0.352 e. The Morgan fingerprint density at radius 1 is 1.21 bits per heavy atom. The molecule has 0 bridgehead atoms. The fourth-order valence-electron chi connectivity index (χ4n) is 3.05. The van der Waals surface area contributed by atoms with Gasteiger partial charge in [-0.3, -0.25) is 9.48 Å². The lowest BCUT2D eigenvalue weighted by atomic mass is 10.2. The number of thiophene rings is 1. The zero-order valence-corrected chi connectivity index (χ0v) is 14.5. The molecule has 1 aliphatic heterocycles. The first-order chi connectivity index (χ1) is 11.6. The van der Waals surface area contributed by atoms with Crippen LogP contribution in [-0.4, -0.2) is 56.7 Å². The number of aryl methyl sites for hydroxylation is 2. The molecule has 1 aliphatic rings. The van der Waals surface area contributed by atoms with E-state index in [1.54, 1.807) is 41.7 Å². The predicted octanol–water partition coefficient (Wildman–Crippen LogP) is 1.70. The minimum atomic E-state index is 0.0365. The number of hydrogen-bond acceptors (Lipinski definition) is 6. The lowest BCUT2D eigenvalue weighted by molar-refractivity contribution is 0.0735. The first-order valence-corrected chi connectivity index (χ1v) is 8.74. The van der Waals surface area contributed by atoms with Crippen molar-refractivity contribution in [3.05, 3.63) is 35.2 Å². The van der Waals surface area contributed by atoms with E-state index in [-0.39, 0.29) is 5.91 Å². The SMILES string of the molecule is Cc1csc2c(N3CCN(C(=O)c4ccnn4C)CC3)ncnc12. The molecule has 7 nitrogen and oxygen atoms in total. The average molecular weight is 342 g/mol. The number of carbonyl (C=O) groups excluding carboxylic acids is 1. The van der Waals surface area contributed by atoms with Gasteiger partial charge in [-0.2, -0.15) is 5.10 Å².